The van der Waals surface area contributed by atoms with E-state index in [4.69, 9.17) is 0 Å². The van der Waals surface area contributed by atoms with E-state index in [0.717, 1.165) is 32.1 Å². The molecule has 0 saturated heterocycles. The van der Waals surface area contributed by atoms with Crippen LogP contribution in [0.25, 0.3) is 0 Å². The summed E-state index contributed by atoms with van der Waals surface area (Å²) >= 11 is 0. The fourth-order valence-electron chi connectivity index (χ4n) is 4.72. The van der Waals surface area contributed by atoms with Crippen LogP contribution < -0.4 is 5.32 Å². The third-order valence-electron chi connectivity index (χ3n) is 7.23. The average Bonchev–Trinajstić information content (AvgIpc) is 2.86. The van der Waals surface area contributed by atoms with Crippen molar-refractivity contribution in [1.82, 2.24) is 5.32 Å². The summed E-state index contributed by atoms with van der Waals surface area (Å²) in [4.78, 5) is 12.3. The zero-order valence-corrected chi connectivity index (χ0v) is 23.5. The van der Waals surface area contributed by atoms with Gasteiger partial charge >= 0.3 is 0 Å². The fourth-order valence-corrected chi connectivity index (χ4v) is 4.72. The quantitative estimate of drug-likeness (QED) is 0.0900. The first kappa shape index (κ1) is 34.4. The highest BCUT2D eigenvalue weighted by Crippen LogP contribution is 2.15. The summed E-state index contributed by atoms with van der Waals surface area (Å²) in [5.41, 5.74) is 0. The maximum Gasteiger partial charge on any atom is 0.249 e. The third kappa shape index (κ3) is 22.3. The summed E-state index contributed by atoms with van der Waals surface area (Å²) in [5.74, 6) is -0.476. The van der Waals surface area contributed by atoms with E-state index in [1.165, 1.54) is 103 Å². The van der Waals surface area contributed by atoms with Crippen LogP contribution >= 0.6 is 0 Å². The molecule has 0 aromatic rings. The minimum Gasteiger partial charge on any atom is -0.394 e. The van der Waals surface area contributed by atoms with Crippen LogP contribution in [0.15, 0.2) is 0 Å². The summed E-state index contributed by atoms with van der Waals surface area (Å²) in [6.45, 7) is 4.16. The molecule has 3 atom stereocenters. The van der Waals surface area contributed by atoms with Gasteiger partial charge in [-0.2, -0.15) is 0 Å². The number of nitrogens with one attached hydrogen (secondary N) is 1. The molecule has 0 aliphatic heterocycles. The van der Waals surface area contributed by atoms with Crippen molar-refractivity contribution in [2.45, 2.75) is 180 Å². The Balaban J connectivity index is 3.73. The van der Waals surface area contributed by atoms with E-state index in [9.17, 15) is 20.1 Å². The minimum atomic E-state index is -1.06. The van der Waals surface area contributed by atoms with Gasteiger partial charge in [0.2, 0.25) is 5.91 Å². The van der Waals surface area contributed by atoms with Gasteiger partial charge in [-0.05, 0) is 12.8 Å². The number of hydrogen-bond donors (Lipinski definition) is 4. The van der Waals surface area contributed by atoms with Gasteiger partial charge in [0.05, 0.1) is 18.8 Å². The Kier molecular flexibility index (Phi) is 25.9. The number of carbonyl (C=O) groups is 1. The van der Waals surface area contributed by atoms with Gasteiger partial charge in [-0.25, -0.2) is 0 Å². The monoisotopic (exact) mass is 499 g/mol. The van der Waals surface area contributed by atoms with E-state index < -0.39 is 24.2 Å². The fraction of sp³-hybridized carbons (Fsp3) is 0.967. The number of aliphatic hydroxyl groups excluding tert-OH is 3. The summed E-state index contributed by atoms with van der Waals surface area (Å²) in [6.07, 6.45) is 25.1. The summed E-state index contributed by atoms with van der Waals surface area (Å²) < 4.78 is 0. The SMILES string of the molecule is CCCCCCCCCCCCCCCC(O)C(CO)NC(=O)C(O)CCCCCCCCCC. The van der Waals surface area contributed by atoms with Gasteiger partial charge in [0.1, 0.15) is 6.10 Å². The molecule has 0 spiro atoms. The Labute approximate surface area is 217 Å². The van der Waals surface area contributed by atoms with E-state index >= 15 is 0 Å². The molecule has 0 aliphatic carbocycles. The molecule has 0 aromatic carbocycles. The highest BCUT2D eigenvalue weighted by atomic mass is 16.3. The van der Waals surface area contributed by atoms with Gasteiger partial charge in [0.15, 0.2) is 0 Å². The van der Waals surface area contributed by atoms with Crippen LogP contribution in [0.2, 0.25) is 0 Å². The molecule has 0 saturated carbocycles. The van der Waals surface area contributed by atoms with Crippen LogP contribution in [0.3, 0.4) is 0 Å². The maximum absolute atomic E-state index is 12.3. The molecule has 0 heterocycles. The van der Waals surface area contributed by atoms with Gasteiger partial charge in [-0.15, -0.1) is 0 Å². The largest absolute Gasteiger partial charge is 0.394 e. The lowest BCUT2D eigenvalue weighted by molar-refractivity contribution is -0.131. The van der Waals surface area contributed by atoms with Crippen molar-refractivity contribution in [2.75, 3.05) is 6.61 Å². The molecule has 0 rings (SSSR count). The van der Waals surface area contributed by atoms with Crippen LogP contribution in [0.4, 0.5) is 0 Å². The Morgan fingerprint density at radius 1 is 0.571 bits per heavy atom. The summed E-state index contributed by atoms with van der Waals surface area (Å²) in [5, 5.41) is 32.8. The molecule has 5 nitrogen and oxygen atoms in total. The van der Waals surface area contributed by atoms with Crippen molar-refractivity contribution >= 4 is 5.91 Å². The maximum atomic E-state index is 12.3. The van der Waals surface area contributed by atoms with Gasteiger partial charge in [0, 0.05) is 0 Å². The Morgan fingerprint density at radius 2 is 0.914 bits per heavy atom. The van der Waals surface area contributed by atoms with Crippen molar-refractivity contribution in [3.63, 3.8) is 0 Å². The molecule has 5 heteroatoms. The standard InChI is InChI=1S/C30H61NO4/c1-3-5-7-9-11-13-14-15-16-17-19-20-22-24-28(33)27(26-32)31-30(35)29(34)25-23-21-18-12-10-8-6-4-2/h27-29,32-34H,3-26H2,1-2H3,(H,31,35). The zero-order chi connectivity index (χ0) is 26.0. The van der Waals surface area contributed by atoms with E-state index in [2.05, 4.69) is 19.2 Å². The van der Waals surface area contributed by atoms with Gasteiger partial charge in [-0.1, -0.05) is 149 Å². The molecule has 0 aromatic heterocycles. The molecule has 35 heavy (non-hydrogen) atoms. The third-order valence-corrected chi connectivity index (χ3v) is 7.23. The second-order valence-corrected chi connectivity index (χ2v) is 10.7. The first-order valence-corrected chi connectivity index (χ1v) is 15.3. The molecule has 0 radical (unpaired) electrons. The Bertz CT molecular complexity index is 446. The molecule has 1 amide bonds. The van der Waals surface area contributed by atoms with Gasteiger partial charge in [0.25, 0.3) is 0 Å². The van der Waals surface area contributed by atoms with E-state index in [1.807, 2.05) is 0 Å². The number of amides is 1. The van der Waals surface area contributed by atoms with Gasteiger partial charge in [-0.3, -0.25) is 4.79 Å². The lowest BCUT2D eigenvalue weighted by Crippen LogP contribution is -2.49. The molecule has 0 fully saturated rings. The first-order chi connectivity index (χ1) is 17.1. The highest BCUT2D eigenvalue weighted by Gasteiger charge is 2.23. The van der Waals surface area contributed by atoms with Crippen LogP contribution in [-0.4, -0.2) is 46.1 Å². The number of unbranched alkanes of at least 4 members (excludes halogenated alkanes) is 19. The van der Waals surface area contributed by atoms with Crippen LogP contribution in [-0.2, 0) is 4.79 Å². The lowest BCUT2D eigenvalue weighted by atomic mass is 10.0. The van der Waals surface area contributed by atoms with Crippen molar-refractivity contribution in [3.05, 3.63) is 0 Å². The topological polar surface area (TPSA) is 89.8 Å². The number of hydrogen-bond acceptors (Lipinski definition) is 4. The smallest absolute Gasteiger partial charge is 0.249 e. The zero-order valence-electron chi connectivity index (χ0n) is 23.5. The van der Waals surface area contributed by atoms with Crippen molar-refractivity contribution in [1.29, 1.82) is 0 Å². The van der Waals surface area contributed by atoms with E-state index in [0.29, 0.717) is 12.8 Å². The second-order valence-electron chi connectivity index (χ2n) is 10.7. The molecule has 0 aliphatic rings. The Hall–Kier alpha value is -0.650. The second kappa shape index (κ2) is 26.4. The molecule has 0 bridgehead atoms. The van der Waals surface area contributed by atoms with Crippen molar-refractivity contribution < 1.29 is 20.1 Å². The number of aliphatic hydroxyl groups is 3. The highest BCUT2D eigenvalue weighted by molar-refractivity contribution is 5.80. The molecule has 210 valence electrons. The van der Waals surface area contributed by atoms with Crippen molar-refractivity contribution in [2.24, 2.45) is 0 Å². The van der Waals surface area contributed by atoms with Gasteiger partial charge < -0.3 is 20.6 Å². The predicted molar refractivity (Wildman–Crippen MR) is 149 cm³/mol. The van der Waals surface area contributed by atoms with Crippen molar-refractivity contribution in [3.8, 4) is 0 Å². The van der Waals surface area contributed by atoms with Crippen LogP contribution in [0.1, 0.15) is 162 Å². The summed E-state index contributed by atoms with van der Waals surface area (Å²) in [6, 6.07) is -0.701. The van der Waals surface area contributed by atoms with Crippen LogP contribution in [0.5, 0.6) is 0 Å². The summed E-state index contributed by atoms with van der Waals surface area (Å²) in [7, 11) is 0. The first-order valence-electron chi connectivity index (χ1n) is 15.3. The number of rotatable bonds is 27. The molecule has 3 unspecified atom stereocenters. The minimum absolute atomic E-state index is 0.310. The van der Waals surface area contributed by atoms with E-state index in [1.54, 1.807) is 0 Å². The Morgan fingerprint density at radius 3 is 1.29 bits per heavy atom. The molecular formula is C30H61NO4. The average molecular weight is 500 g/mol. The number of carbonyl (C=O) groups excluding carboxylic acids is 1. The normalized spacial score (nSPS) is 14.1. The van der Waals surface area contributed by atoms with Crippen LogP contribution in [0, 0.1) is 0 Å². The predicted octanol–water partition coefficient (Wildman–Crippen LogP) is 7.20. The molecular weight excluding hydrogens is 438 g/mol. The lowest BCUT2D eigenvalue weighted by Gasteiger charge is -2.23. The van der Waals surface area contributed by atoms with E-state index in [-0.39, 0.29) is 6.61 Å². The molecule has 4 N–H and O–H groups in total.